The molecule has 0 heterocycles. The summed E-state index contributed by atoms with van der Waals surface area (Å²) < 4.78 is 19.6. The molecule has 0 aromatic heterocycles. The van der Waals surface area contributed by atoms with Gasteiger partial charge in [0, 0.05) is 10.0 Å². The summed E-state index contributed by atoms with van der Waals surface area (Å²) in [5.74, 6) is 0.261. The SMILES string of the molecule is COc1ccc(F)cc1C(N)c1cc(C)ccc1Br. The van der Waals surface area contributed by atoms with Crippen LogP contribution in [0.4, 0.5) is 4.39 Å². The van der Waals surface area contributed by atoms with E-state index in [4.69, 9.17) is 10.5 Å². The zero-order valence-corrected chi connectivity index (χ0v) is 12.4. The molecule has 2 aromatic rings. The third kappa shape index (κ3) is 2.96. The molecule has 0 aliphatic carbocycles. The third-order valence-electron chi connectivity index (χ3n) is 3.01. The lowest BCUT2D eigenvalue weighted by Crippen LogP contribution is -2.14. The number of methoxy groups -OCH3 is 1. The van der Waals surface area contributed by atoms with E-state index < -0.39 is 6.04 Å². The molecule has 0 spiro atoms. The molecule has 0 aliphatic heterocycles. The highest BCUT2D eigenvalue weighted by molar-refractivity contribution is 9.10. The Bertz CT molecular complexity index is 601. The Hall–Kier alpha value is -1.39. The van der Waals surface area contributed by atoms with Gasteiger partial charge in [0.25, 0.3) is 0 Å². The van der Waals surface area contributed by atoms with Crippen LogP contribution in [0, 0.1) is 12.7 Å². The van der Waals surface area contributed by atoms with Gasteiger partial charge in [-0.25, -0.2) is 4.39 Å². The summed E-state index contributed by atoms with van der Waals surface area (Å²) in [5, 5.41) is 0. The maximum absolute atomic E-state index is 13.4. The standard InChI is InChI=1S/C15H15BrFNO/c1-9-3-5-13(16)11(7-9)15(18)12-8-10(17)4-6-14(12)19-2/h3-8,15H,18H2,1-2H3. The maximum atomic E-state index is 13.4. The van der Waals surface area contributed by atoms with Gasteiger partial charge < -0.3 is 10.5 Å². The minimum absolute atomic E-state index is 0.324. The van der Waals surface area contributed by atoms with Crippen LogP contribution in [0.15, 0.2) is 40.9 Å². The Morgan fingerprint density at radius 1 is 1.16 bits per heavy atom. The van der Waals surface area contributed by atoms with Crippen LogP contribution in [0.5, 0.6) is 5.75 Å². The van der Waals surface area contributed by atoms with E-state index in [1.807, 2.05) is 25.1 Å². The summed E-state index contributed by atoms with van der Waals surface area (Å²) in [4.78, 5) is 0. The van der Waals surface area contributed by atoms with E-state index in [1.54, 1.807) is 13.2 Å². The second-order valence-electron chi connectivity index (χ2n) is 4.39. The Kier molecular flexibility index (Phi) is 4.22. The molecule has 2 aromatic carbocycles. The van der Waals surface area contributed by atoms with Gasteiger partial charge >= 0.3 is 0 Å². The Labute approximate surface area is 120 Å². The van der Waals surface area contributed by atoms with Crippen LogP contribution in [-0.2, 0) is 0 Å². The minimum atomic E-state index is -0.445. The van der Waals surface area contributed by atoms with Gasteiger partial charge in [0.05, 0.1) is 13.2 Å². The number of ether oxygens (including phenoxy) is 1. The normalized spacial score (nSPS) is 12.3. The molecule has 2 nitrogen and oxygen atoms in total. The summed E-state index contributed by atoms with van der Waals surface area (Å²) in [6, 6.07) is 9.84. The first-order valence-corrected chi connectivity index (χ1v) is 6.67. The van der Waals surface area contributed by atoms with E-state index >= 15 is 0 Å². The van der Waals surface area contributed by atoms with Gasteiger partial charge in [-0.3, -0.25) is 0 Å². The summed E-state index contributed by atoms with van der Waals surface area (Å²) >= 11 is 3.48. The number of hydrogen-bond acceptors (Lipinski definition) is 2. The van der Waals surface area contributed by atoms with E-state index in [1.165, 1.54) is 12.1 Å². The number of nitrogens with two attached hydrogens (primary N) is 1. The Morgan fingerprint density at radius 2 is 1.89 bits per heavy atom. The topological polar surface area (TPSA) is 35.2 Å². The van der Waals surface area contributed by atoms with Crippen molar-refractivity contribution in [3.63, 3.8) is 0 Å². The lowest BCUT2D eigenvalue weighted by molar-refractivity contribution is 0.406. The lowest BCUT2D eigenvalue weighted by atomic mass is 9.97. The molecule has 19 heavy (non-hydrogen) atoms. The lowest BCUT2D eigenvalue weighted by Gasteiger charge is -2.18. The first kappa shape index (κ1) is 14.0. The molecule has 0 fully saturated rings. The monoisotopic (exact) mass is 323 g/mol. The molecular weight excluding hydrogens is 309 g/mol. The second kappa shape index (κ2) is 5.72. The predicted molar refractivity (Wildman–Crippen MR) is 77.9 cm³/mol. The van der Waals surface area contributed by atoms with Crippen molar-refractivity contribution in [2.24, 2.45) is 5.73 Å². The molecule has 2 N–H and O–H groups in total. The molecule has 0 amide bonds. The van der Waals surface area contributed by atoms with E-state index in [0.29, 0.717) is 11.3 Å². The second-order valence-corrected chi connectivity index (χ2v) is 5.24. The first-order chi connectivity index (χ1) is 9.02. The fourth-order valence-corrected chi connectivity index (χ4v) is 2.51. The van der Waals surface area contributed by atoms with Gasteiger partial charge in [-0.15, -0.1) is 0 Å². The van der Waals surface area contributed by atoms with Crippen LogP contribution in [0.2, 0.25) is 0 Å². The molecule has 4 heteroatoms. The molecule has 1 atom stereocenters. The summed E-state index contributed by atoms with van der Waals surface area (Å²) in [5.41, 5.74) is 8.90. The van der Waals surface area contributed by atoms with Crippen molar-refractivity contribution in [1.29, 1.82) is 0 Å². The molecule has 100 valence electrons. The van der Waals surface area contributed by atoms with Gasteiger partial charge in [-0.1, -0.05) is 33.6 Å². The number of hydrogen-bond donors (Lipinski definition) is 1. The third-order valence-corrected chi connectivity index (χ3v) is 3.74. The molecule has 2 rings (SSSR count). The van der Waals surface area contributed by atoms with Crippen LogP contribution < -0.4 is 10.5 Å². The van der Waals surface area contributed by atoms with Gasteiger partial charge in [0.15, 0.2) is 0 Å². The predicted octanol–water partition coefficient (Wildman–Crippen LogP) is 3.95. The van der Waals surface area contributed by atoms with E-state index in [2.05, 4.69) is 15.9 Å². The van der Waals surface area contributed by atoms with Crippen molar-refractivity contribution in [2.75, 3.05) is 7.11 Å². The Balaban J connectivity index is 2.51. The first-order valence-electron chi connectivity index (χ1n) is 5.88. The van der Waals surface area contributed by atoms with Crippen molar-refractivity contribution in [3.8, 4) is 5.75 Å². The minimum Gasteiger partial charge on any atom is -0.496 e. The molecule has 0 bridgehead atoms. The van der Waals surface area contributed by atoms with E-state index in [-0.39, 0.29) is 5.82 Å². The van der Waals surface area contributed by atoms with Crippen molar-refractivity contribution in [2.45, 2.75) is 13.0 Å². The van der Waals surface area contributed by atoms with Crippen molar-refractivity contribution < 1.29 is 9.13 Å². The molecule has 0 saturated carbocycles. The Morgan fingerprint density at radius 3 is 2.58 bits per heavy atom. The fraction of sp³-hybridized carbons (Fsp3) is 0.200. The highest BCUT2D eigenvalue weighted by Gasteiger charge is 2.17. The zero-order chi connectivity index (χ0) is 14.0. The van der Waals surface area contributed by atoms with Gasteiger partial charge in [-0.2, -0.15) is 0 Å². The smallest absolute Gasteiger partial charge is 0.124 e. The fourth-order valence-electron chi connectivity index (χ4n) is 2.02. The molecule has 0 saturated heterocycles. The van der Waals surface area contributed by atoms with Gasteiger partial charge in [0.2, 0.25) is 0 Å². The molecule has 0 radical (unpaired) electrons. The zero-order valence-electron chi connectivity index (χ0n) is 10.8. The molecule has 0 aliphatic rings. The highest BCUT2D eigenvalue weighted by Crippen LogP contribution is 2.33. The van der Waals surface area contributed by atoms with Crippen molar-refractivity contribution >= 4 is 15.9 Å². The average molecular weight is 324 g/mol. The molecule has 1 unspecified atom stereocenters. The summed E-state index contributed by atoms with van der Waals surface area (Å²) in [7, 11) is 1.55. The van der Waals surface area contributed by atoms with Gasteiger partial charge in [0.1, 0.15) is 11.6 Å². The maximum Gasteiger partial charge on any atom is 0.124 e. The van der Waals surface area contributed by atoms with Gasteiger partial charge in [-0.05, 0) is 36.8 Å². The van der Waals surface area contributed by atoms with E-state index in [9.17, 15) is 4.39 Å². The summed E-state index contributed by atoms with van der Waals surface area (Å²) in [6.45, 7) is 1.99. The average Bonchev–Trinajstić information content (AvgIpc) is 2.40. The largest absolute Gasteiger partial charge is 0.496 e. The van der Waals surface area contributed by atoms with E-state index in [0.717, 1.165) is 15.6 Å². The number of benzene rings is 2. The van der Waals surface area contributed by atoms with Crippen LogP contribution >= 0.6 is 15.9 Å². The molecular formula is C15H15BrFNO. The van der Waals surface area contributed by atoms with Crippen LogP contribution in [0.25, 0.3) is 0 Å². The number of aryl methyl sites for hydroxylation is 1. The van der Waals surface area contributed by atoms with Crippen LogP contribution in [0.1, 0.15) is 22.7 Å². The number of rotatable bonds is 3. The van der Waals surface area contributed by atoms with Crippen molar-refractivity contribution in [3.05, 3.63) is 63.4 Å². The highest BCUT2D eigenvalue weighted by atomic mass is 79.9. The number of halogens is 2. The van der Waals surface area contributed by atoms with Crippen LogP contribution in [-0.4, -0.2) is 7.11 Å². The quantitative estimate of drug-likeness (QED) is 0.928. The summed E-state index contributed by atoms with van der Waals surface area (Å²) in [6.07, 6.45) is 0. The van der Waals surface area contributed by atoms with Crippen molar-refractivity contribution in [1.82, 2.24) is 0 Å². The van der Waals surface area contributed by atoms with Crippen LogP contribution in [0.3, 0.4) is 0 Å².